The van der Waals surface area contributed by atoms with E-state index in [1.165, 1.54) is 12.1 Å². The molecule has 0 fully saturated rings. The maximum Gasteiger partial charge on any atom is 0.224 e. The van der Waals surface area contributed by atoms with Gasteiger partial charge in [0.25, 0.3) is 0 Å². The summed E-state index contributed by atoms with van der Waals surface area (Å²) in [7, 11) is 0. The van der Waals surface area contributed by atoms with Crippen LogP contribution < -0.4 is 10.6 Å². The van der Waals surface area contributed by atoms with Crippen LogP contribution in [0.1, 0.15) is 24.5 Å². The van der Waals surface area contributed by atoms with E-state index in [4.69, 9.17) is 0 Å². The lowest BCUT2D eigenvalue weighted by Gasteiger charge is -2.11. The number of carbonyl (C=O) groups is 1. The highest BCUT2D eigenvalue weighted by atomic mass is 35.5. The zero-order valence-electron chi connectivity index (χ0n) is 13.4. The van der Waals surface area contributed by atoms with Crippen LogP contribution in [0, 0.1) is 11.6 Å². The number of benzene rings is 2. The second-order valence-electron chi connectivity index (χ2n) is 5.20. The van der Waals surface area contributed by atoms with Crippen LogP contribution in [0.15, 0.2) is 42.5 Å². The minimum atomic E-state index is -0.890. The van der Waals surface area contributed by atoms with Gasteiger partial charge in [0.05, 0.1) is 0 Å². The van der Waals surface area contributed by atoms with Gasteiger partial charge in [0.2, 0.25) is 5.91 Å². The second kappa shape index (κ2) is 10.0. The van der Waals surface area contributed by atoms with E-state index in [0.717, 1.165) is 23.9 Å². The number of amides is 1. The Bertz CT molecular complexity index is 680. The molecule has 2 aromatic rings. The van der Waals surface area contributed by atoms with E-state index in [0.29, 0.717) is 6.54 Å². The van der Waals surface area contributed by atoms with Gasteiger partial charge in [-0.25, -0.2) is 8.78 Å². The van der Waals surface area contributed by atoms with E-state index in [9.17, 15) is 13.6 Å². The van der Waals surface area contributed by atoms with Crippen LogP contribution in [0.4, 0.5) is 14.5 Å². The highest BCUT2D eigenvalue weighted by Gasteiger charge is 2.11. The molecule has 2 aromatic carbocycles. The summed E-state index contributed by atoms with van der Waals surface area (Å²) in [6.07, 6.45) is 0.251. The lowest BCUT2D eigenvalue weighted by molar-refractivity contribution is -0.116. The molecular formula is C18H21ClF2N2O. The second-order valence-corrected chi connectivity index (χ2v) is 5.20. The molecule has 0 spiro atoms. The molecule has 0 aliphatic rings. The van der Waals surface area contributed by atoms with Crippen LogP contribution >= 0.6 is 12.4 Å². The first-order chi connectivity index (χ1) is 11.1. The maximum atomic E-state index is 13.6. The zero-order chi connectivity index (χ0) is 16.7. The third-order valence-corrected chi connectivity index (χ3v) is 3.51. The van der Waals surface area contributed by atoms with Crippen molar-refractivity contribution in [2.45, 2.75) is 26.3 Å². The number of hydrogen-bond acceptors (Lipinski definition) is 2. The summed E-state index contributed by atoms with van der Waals surface area (Å²) in [5, 5.41) is 6.04. The third-order valence-electron chi connectivity index (χ3n) is 3.51. The predicted molar refractivity (Wildman–Crippen MR) is 94.4 cm³/mol. The molecule has 2 N–H and O–H groups in total. The fourth-order valence-electron chi connectivity index (χ4n) is 2.26. The molecule has 0 aliphatic heterocycles. The molecule has 130 valence electrons. The summed E-state index contributed by atoms with van der Waals surface area (Å²) >= 11 is 0. The zero-order valence-corrected chi connectivity index (χ0v) is 14.3. The number of halogens is 3. The van der Waals surface area contributed by atoms with Gasteiger partial charge in [-0.05, 0) is 36.2 Å². The van der Waals surface area contributed by atoms with Crippen molar-refractivity contribution in [1.82, 2.24) is 5.32 Å². The van der Waals surface area contributed by atoms with Crippen LogP contribution in [0.25, 0.3) is 0 Å². The molecule has 1 amide bonds. The first kappa shape index (κ1) is 20.1. The van der Waals surface area contributed by atoms with E-state index < -0.39 is 11.6 Å². The fourth-order valence-corrected chi connectivity index (χ4v) is 2.26. The quantitative estimate of drug-likeness (QED) is 0.787. The van der Waals surface area contributed by atoms with E-state index in [1.54, 1.807) is 0 Å². The molecule has 0 radical (unpaired) electrons. The van der Waals surface area contributed by atoms with E-state index in [1.807, 2.05) is 31.2 Å². The fraction of sp³-hybridized carbons (Fsp3) is 0.278. The number of para-hydroxylation sites is 1. The minimum absolute atomic E-state index is 0. The standard InChI is InChI=1S/C18H20F2N2O.ClH/c1-2-21-12-14-6-3-4-9-16(14)22-17(23)11-10-13-7-5-8-15(19)18(13)20;/h3-9,21H,2,10-12H2,1H3,(H,22,23);1H. The molecule has 0 bridgehead atoms. The average molecular weight is 355 g/mol. The largest absolute Gasteiger partial charge is 0.326 e. The lowest BCUT2D eigenvalue weighted by Crippen LogP contribution is -2.17. The molecular weight excluding hydrogens is 334 g/mol. The van der Waals surface area contributed by atoms with Crippen molar-refractivity contribution in [3.63, 3.8) is 0 Å². The minimum Gasteiger partial charge on any atom is -0.326 e. The topological polar surface area (TPSA) is 41.1 Å². The first-order valence-electron chi connectivity index (χ1n) is 7.63. The van der Waals surface area contributed by atoms with Gasteiger partial charge in [0.1, 0.15) is 0 Å². The van der Waals surface area contributed by atoms with Gasteiger partial charge in [0, 0.05) is 18.7 Å². The lowest BCUT2D eigenvalue weighted by atomic mass is 10.1. The van der Waals surface area contributed by atoms with Crippen molar-refractivity contribution in [3.8, 4) is 0 Å². The van der Waals surface area contributed by atoms with Gasteiger partial charge in [-0.15, -0.1) is 12.4 Å². The molecule has 24 heavy (non-hydrogen) atoms. The Balaban J connectivity index is 0.00000288. The van der Waals surface area contributed by atoms with E-state index in [2.05, 4.69) is 10.6 Å². The Hall–Kier alpha value is -1.98. The summed E-state index contributed by atoms with van der Waals surface area (Å²) < 4.78 is 26.7. The monoisotopic (exact) mass is 354 g/mol. The van der Waals surface area contributed by atoms with E-state index in [-0.39, 0.29) is 36.7 Å². The van der Waals surface area contributed by atoms with Gasteiger partial charge >= 0.3 is 0 Å². The molecule has 0 atom stereocenters. The summed E-state index contributed by atoms with van der Waals surface area (Å²) in [5.74, 6) is -2.00. The van der Waals surface area contributed by atoms with Crippen LogP contribution in [0.3, 0.4) is 0 Å². The maximum absolute atomic E-state index is 13.6. The molecule has 0 heterocycles. The Morgan fingerprint density at radius 2 is 1.75 bits per heavy atom. The predicted octanol–water partition coefficient (Wildman–Crippen LogP) is 4.07. The van der Waals surface area contributed by atoms with Crippen LogP contribution in [0.5, 0.6) is 0 Å². The third kappa shape index (κ3) is 5.58. The summed E-state index contributed by atoms with van der Waals surface area (Å²) in [4.78, 5) is 12.1. The van der Waals surface area contributed by atoms with E-state index >= 15 is 0 Å². The Morgan fingerprint density at radius 3 is 2.50 bits per heavy atom. The van der Waals surface area contributed by atoms with Gasteiger partial charge in [-0.2, -0.15) is 0 Å². The summed E-state index contributed by atoms with van der Waals surface area (Å²) in [6, 6.07) is 11.5. The Labute approximate surface area is 146 Å². The molecule has 0 aromatic heterocycles. The number of nitrogens with one attached hydrogen (secondary N) is 2. The van der Waals surface area contributed by atoms with Crippen LogP contribution in [0.2, 0.25) is 0 Å². The number of carbonyl (C=O) groups excluding carboxylic acids is 1. The van der Waals surface area contributed by atoms with Crippen molar-refractivity contribution >= 4 is 24.0 Å². The number of hydrogen-bond donors (Lipinski definition) is 2. The van der Waals surface area contributed by atoms with Gasteiger partial charge < -0.3 is 10.6 Å². The van der Waals surface area contributed by atoms with Crippen LogP contribution in [-0.2, 0) is 17.8 Å². The van der Waals surface area contributed by atoms with Gasteiger partial charge in [0.15, 0.2) is 11.6 Å². The molecule has 0 saturated heterocycles. The number of rotatable bonds is 7. The SMILES string of the molecule is CCNCc1ccccc1NC(=O)CCc1cccc(F)c1F.Cl. The normalized spacial score (nSPS) is 10.1. The highest BCUT2D eigenvalue weighted by molar-refractivity contribution is 5.91. The van der Waals surface area contributed by atoms with Crippen molar-refractivity contribution < 1.29 is 13.6 Å². The molecule has 6 heteroatoms. The average Bonchev–Trinajstić information content (AvgIpc) is 2.55. The Morgan fingerprint density at radius 1 is 1.04 bits per heavy atom. The molecule has 3 nitrogen and oxygen atoms in total. The van der Waals surface area contributed by atoms with Gasteiger partial charge in [-0.1, -0.05) is 37.3 Å². The van der Waals surface area contributed by atoms with Crippen molar-refractivity contribution in [3.05, 3.63) is 65.2 Å². The molecule has 0 unspecified atom stereocenters. The number of anilines is 1. The smallest absolute Gasteiger partial charge is 0.224 e. The number of aryl methyl sites for hydroxylation is 1. The molecule has 0 aliphatic carbocycles. The Kier molecular flexibility index (Phi) is 8.36. The van der Waals surface area contributed by atoms with Crippen molar-refractivity contribution in [2.24, 2.45) is 0 Å². The van der Waals surface area contributed by atoms with Crippen LogP contribution in [-0.4, -0.2) is 12.5 Å². The molecule has 2 rings (SSSR count). The summed E-state index contributed by atoms with van der Waals surface area (Å²) in [5.41, 5.74) is 1.93. The van der Waals surface area contributed by atoms with Crippen molar-refractivity contribution in [1.29, 1.82) is 0 Å². The van der Waals surface area contributed by atoms with Crippen molar-refractivity contribution in [2.75, 3.05) is 11.9 Å². The summed E-state index contributed by atoms with van der Waals surface area (Å²) in [6.45, 7) is 3.50. The molecule has 0 saturated carbocycles. The highest BCUT2D eigenvalue weighted by Crippen LogP contribution is 2.17. The van der Waals surface area contributed by atoms with Gasteiger partial charge in [-0.3, -0.25) is 4.79 Å². The first-order valence-corrected chi connectivity index (χ1v) is 7.63.